The molecular formula is C22H33N3. The average molecular weight is 340 g/mol. The molecule has 0 aromatic carbocycles. The van der Waals surface area contributed by atoms with E-state index >= 15 is 0 Å². The van der Waals surface area contributed by atoms with Crippen LogP contribution in [0.4, 0.5) is 0 Å². The molecule has 2 aromatic heterocycles. The summed E-state index contributed by atoms with van der Waals surface area (Å²) in [4.78, 5) is 9.46. The molecule has 0 saturated heterocycles. The smallest absolute Gasteiger partial charge is 0.0893 e. The molecule has 0 radical (unpaired) electrons. The lowest BCUT2D eigenvalue weighted by atomic mass is 9.85. The first-order valence-corrected chi connectivity index (χ1v) is 9.27. The highest BCUT2D eigenvalue weighted by Crippen LogP contribution is 2.30. The van der Waals surface area contributed by atoms with Crippen LogP contribution < -0.4 is 5.73 Å². The van der Waals surface area contributed by atoms with Gasteiger partial charge in [-0.1, -0.05) is 54.9 Å². The van der Waals surface area contributed by atoms with Gasteiger partial charge in [0.25, 0.3) is 0 Å². The molecule has 0 spiro atoms. The minimum Gasteiger partial charge on any atom is -0.323 e. The Morgan fingerprint density at radius 3 is 2.08 bits per heavy atom. The Kier molecular flexibility index (Phi) is 5.68. The van der Waals surface area contributed by atoms with Gasteiger partial charge in [0.1, 0.15) is 0 Å². The Labute approximate surface area is 153 Å². The molecule has 1 unspecified atom stereocenters. The monoisotopic (exact) mass is 339 g/mol. The van der Waals surface area contributed by atoms with Crippen LogP contribution in [-0.2, 0) is 10.8 Å². The van der Waals surface area contributed by atoms with E-state index in [9.17, 15) is 0 Å². The lowest BCUT2D eigenvalue weighted by molar-refractivity contribution is 0.578. The maximum Gasteiger partial charge on any atom is 0.0893 e. The second-order valence-corrected chi connectivity index (χ2v) is 8.99. The first-order chi connectivity index (χ1) is 11.5. The van der Waals surface area contributed by atoms with Crippen LogP contribution in [-0.4, -0.2) is 9.97 Å². The zero-order valence-electron chi connectivity index (χ0n) is 16.9. The van der Waals surface area contributed by atoms with Gasteiger partial charge in [0.15, 0.2) is 0 Å². The van der Waals surface area contributed by atoms with Gasteiger partial charge in [0.05, 0.1) is 17.1 Å². The van der Waals surface area contributed by atoms with Gasteiger partial charge in [0.2, 0.25) is 0 Å². The number of pyridine rings is 2. The van der Waals surface area contributed by atoms with Crippen molar-refractivity contribution in [2.75, 3.05) is 0 Å². The van der Waals surface area contributed by atoms with E-state index in [4.69, 9.17) is 10.7 Å². The van der Waals surface area contributed by atoms with Crippen molar-refractivity contribution in [3.8, 4) is 11.4 Å². The Balaban J connectivity index is 2.59. The minimum absolute atomic E-state index is 0.0307. The predicted molar refractivity (Wildman–Crippen MR) is 107 cm³/mol. The van der Waals surface area contributed by atoms with Gasteiger partial charge in [-0.05, 0) is 52.6 Å². The van der Waals surface area contributed by atoms with Gasteiger partial charge < -0.3 is 5.73 Å². The zero-order chi connectivity index (χ0) is 18.8. The van der Waals surface area contributed by atoms with Crippen LogP contribution in [0.5, 0.6) is 0 Å². The van der Waals surface area contributed by atoms with Gasteiger partial charge in [-0.25, -0.2) is 4.98 Å². The molecule has 0 aliphatic rings. The third-order valence-corrected chi connectivity index (χ3v) is 4.58. The molecule has 25 heavy (non-hydrogen) atoms. The molecule has 0 saturated carbocycles. The van der Waals surface area contributed by atoms with Gasteiger partial charge >= 0.3 is 0 Å². The van der Waals surface area contributed by atoms with Crippen LogP contribution in [0.1, 0.15) is 84.2 Å². The topological polar surface area (TPSA) is 51.8 Å². The second-order valence-electron chi connectivity index (χ2n) is 8.99. The summed E-state index contributed by atoms with van der Waals surface area (Å²) in [5, 5.41) is 0. The van der Waals surface area contributed by atoms with E-state index in [2.05, 4.69) is 77.7 Å². The molecule has 0 aliphatic carbocycles. The van der Waals surface area contributed by atoms with E-state index in [1.807, 2.05) is 6.20 Å². The maximum atomic E-state index is 6.38. The SMILES string of the molecule is CCCC(N)c1cc(C(C)(C)C)cc(-c2cc(C(C)(C)C)ccn2)n1. The van der Waals surface area contributed by atoms with Crippen molar-refractivity contribution >= 4 is 0 Å². The zero-order valence-corrected chi connectivity index (χ0v) is 16.9. The highest BCUT2D eigenvalue weighted by molar-refractivity contribution is 5.57. The van der Waals surface area contributed by atoms with Crippen LogP contribution in [0.25, 0.3) is 11.4 Å². The normalized spacial score (nSPS) is 13.8. The Hall–Kier alpha value is -1.74. The fourth-order valence-electron chi connectivity index (χ4n) is 2.80. The van der Waals surface area contributed by atoms with E-state index in [0.717, 1.165) is 29.9 Å². The van der Waals surface area contributed by atoms with Gasteiger partial charge in [0, 0.05) is 12.2 Å². The summed E-state index contributed by atoms with van der Waals surface area (Å²) in [6, 6.07) is 8.54. The third-order valence-electron chi connectivity index (χ3n) is 4.58. The summed E-state index contributed by atoms with van der Waals surface area (Å²) < 4.78 is 0. The van der Waals surface area contributed by atoms with E-state index < -0.39 is 0 Å². The molecule has 0 fully saturated rings. The highest BCUT2D eigenvalue weighted by atomic mass is 14.8. The van der Waals surface area contributed by atoms with Crippen molar-refractivity contribution in [3.05, 3.63) is 47.3 Å². The van der Waals surface area contributed by atoms with Crippen molar-refractivity contribution < 1.29 is 0 Å². The Morgan fingerprint density at radius 2 is 1.52 bits per heavy atom. The van der Waals surface area contributed by atoms with Gasteiger partial charge in [-0.2, -0.15) is 0 Å². The summed E-state index contributed by atoms with van der Waals surface area (Å²) in [7, 11) is 0. The molecule has 2 N–H and O–H groups in total. The lowest BCUT2D eigenvalue weighted by Crippen LogP contribution is -2.17. The largest absolute Gasteiger partial charge is 0.323 e. The number of nitrogens with zero attached hydrogens (tertiary/aromatic N) is 2. The first kappa shape index (κ1) is 19.6. The Morgan fingerprint density at radius 1 is 0.920 bits per heavy atom. The van der Waals surface area contributed by atoms with Crippen LogP contribution in [0.15, 0.2) is 30.5 Å². The molecule has 0 amide bonds. The number of hydrogen-bond donors (Lipinski definition) is 1. The maximum absolute atomic E-state index is 6.38. The van der Waals surface area contributed by atoms with Crippen LogP contribution in [0.2, 0.25) is 0 Å². The summed E-state index contributed by atoms with van der Waals surface area (Å²) >= 11 is 0. The number of aromatic nitrogens is 2. The van der Waals surface area contributed by atoms with Gasteiger partial charge in [-0.3, -0.25) is 4.98 Å². The van der Waals surface area contributed by atoms with Crippen molar-refractivity contribution in [2.45, 2.75) is 78.2 Å². The molecule has 2 rings (SSSR count). The first-order valence-electron chi connectivity index (χ1n) is 9.27. The lowest BCUT2D eigenvalue weighted by Gasteiger charge is -2.23. The van der Waals surface area contributed by atoms with Crippen LogP contribution in [0, 0.1) is 0 Å². The van der Waals surface area contributed by atoms with E-state index in [-0.39, 0.29) is 16.9 Å². The fraction of sp³-hybridized carbons (Fsp3) is 0.545. The molecule has 136 valence electrons. The number of hydrogen-bond acceptors (Lipinski definition) is 3. The molecule has 0 bridgehead atoms. The number of rotatable bonds is 4. The van der Waals surface area contributed by atoms with E-state index in [1.54, 1.807) is 0 Å². The molecule has 2 heterocycles. The predicted octanol–water partition coefficient (Wildman–Crippen LogP) is 5.54. The summed E-state index contributed by atoms with van der Waals surface area (Å²) in [6.07, 6.45) is 3.87. The third kappa shape index (κ3) is 4.88. The fourth-order valence-corrected chi connectivity index (χ4v) is 2.80. The highest BCUT2D eigenvalue weighted by Gasteiger charge is 2.20. The summed E-state index contributed by atoms with van der Waals surface area (Å²) in [6.45, 7) is 15.5. The molecule has 0 aliphatic heterocycles. The molecular weight excluding hydrogens is 306 g/mol. The van der Waals surface area contributed by atoms with Crippen molar-refractivity contribution in [1.29, 1.82) is 0 Å². The van der Waals surface area contributed by atoms with Crippen LogP contribution in [0.3, 0.4) is 0 Å². The quantitative estimate of drug-likeness (QED) is 0.796. The van der Waals surface area contributed by atoms with Gasteiger partial charge in [-0.15, -0.1) is 0 Å². The standard InChI is InChI=1S/C22H33N3/c1-8-9-17(23)18-13-16(22(5,6)7)14-20(25-18)19-12-15(10-11-24-19)21(2,3)4/h10-14,17H,8-9,23H2,1-7H3. The second kappa shape index (κ2) is 7.25. The average Bonchev–Trinajstić information content (AvgIpc) is 2.53. The van der Waals surface area contributed by atoms with E-state index in [1.165, 1.54) is 11.1 Å². The van der Waals surface area contributed by atoms with Crippen molar-refractivity contribution in [2.24, 2.45) is 5.73 Å². The van der Waals surface area contributed by atoms with Crippen molar-refractivity contribution in [3.63, 3.8) is 0 Å². The number of nitrogens with two attached hydrogens (primary N) is 1. The molecule has 3 nitrogen and oxygen atoms in total. The molecule has 2 aromatic rings. The van der Waals surface area contributed by atoms with Crippen LogP contribution >= 0.6 is 0 Å². The minimum atomic E-state index is -0.0307. The van der Waals surface area contributed by atoms with E-state index in [0.29, 0.717) is 0 Å². The Bertz CT molecular complexity index is 721. The summed E-state index contributed by atoms with van der Waals surface area (Å²) in [5.41, 5.74) is 11.8. The molecule has 3 heteroatoms. The summed E-state index contributed by atoms with van der Waals surface area (Å²) in [5.74, 6) is 0. The molecule has 1 atom stereocenters. The van der Waals surface area contributed by atoms with Crippen molar-refractivity contribution in [1.82, 2.24) is 9.97 Å².